The lowest BCUT2D eigenvalue weighted by Crippen LogP contribution is -2.04. The summed E-state index contributed by atoms with van der Waals surface area (Å²) >= 11 is 17.6. The van der Waals surface area contributed by atoms with Crippen molar-refractivity contribution in [1.82, 2.24) is 34.5 Å². The Bertz CT molecular complexity index is 2580. The number of aromatic nitrogens is 7. The van der Waals surface area contributed by atoms with Gasteiger partial charge in [-0.15, -0.1) is 0 Å². The van der Waals surface area contributed by atoms with Crippen molar-refractivity contribution in [2.45, 2.75) is 13.8 Å². The Kier molecular flexibility index (Phi) is 11.0. The number of nitrogens with zero attached hydrogens (tertiary/aromatic N) is 7. The SMILES string of the molecule is C.Clc1nc(-c2ccccc2)nc(-n2c3ccccc3c3ccccc32)n1.Clc1nc(Cl)nc(-c2ccccc2)n1.c1ccc2c(c1)Cc1ccccc1-2. The highest BCUT2D eigenvalue weighted by Crippen LogP contribution is 2.36. The first-order valence-corrected chi connectivity index (χ1v) is 17.9. The lowest BCUT2D eigenvalue weighted by Gasteiger charge is -2.08. The molecule has 0 amide bonds. The van der Waals surface area contributed by atoms with Crippen molar-refractivity contribution in [3.05, 3.63) is 185 Å². The smallest absolute Gasteiger partial charge is 0.239 e. The van der Waals surface area contributed by atoms with Crippen LogP contribution in [0.5, 0.6) is 0 Å². The third-order valence-electron chi connectivity index (χ3n) is 8.73. The molecule has 0 saturated carbocycles. The first-order chi connectivity index (χ1) is 26.0. The number of halogens is 3. The molecule has 0 fully saturated rings. The molecule has 7 nitrogen and oxygen atoms in total. The lowest BCUT2D eigenvalue weighted by atomic mass is 10.1. The van der Waals surface area contributed by atoms with Crippen LogP contribution in [0.3, 0.4) is 0 Å². The third kappa shape index (κ3) is 7.70. The second-order valence-corrected chi connectivity index (χ2v) is 13.0. The van der Waals surface area contributed by atoms with E-state index < -0.39 is 0 Å². The van der Waals surface area contributed by atoms with Crippen LogP contribution in [-0.4, -0.2) is 34.5 Å². The summed E-state index contributed by atoms with van der Waals surface area (Å²) in [5, 5.41) is 2.69. The predicted octanol–water partition coefficient (Wildman–Crippen LogP) is 12.0. The summed E-state index contributed by atoms with van der Waals surface area (Å²) in [6.45, 7) is 0. The highest BCUT2D eigenvalue weighted by molar-refractivity contribution is 6.31. The van der Waals surface area contributed by atoms with Crippen LogP contribution in [-0.2, 0) is 6.42 Å². The van der Waals surface area contributed by atoms with Gasteiger partial charge in [0.1, 0.15) is 0 Å². The molecule has 0 N–H and O–H groups in total. The van der Waals surface area contributed by atoms with E-state index in [-0.39, 0.29) is 23.3 Å². The molecule has 264 valence electrons. The highest BCUT2D eigenvalue weighted by atomic mass is 35.5. The fourth-order valence-corrected chi connectivity index (χ4v) is 6.93. The summed E-state index contributed by atoms with van der Waals surface area (Å²) in [5.41, 5.74) is 9.59. The van der Waals surface area contributed by atoms with Gasteiger partial charge in [0, 0.05) is 21.9 Å². The van der Waals surface area contributed by atoms with Crippen LogP contribution in [0.1, 0.15) is 18.6 Å². The fraction of sp³-hybridized carbons (Fsp3) is 0.0455. The van der Waals surface area contributed by atoms with E-state index in [9.17, 15) is 0 Å². The maximum atomic E-state index is 6.24. The van der Waals surface area contributed by atoms with Crippen molar-refractivity contribution in [1.29, 1.82) is 0 Å². The van der Waals surface area contributed by atoms with Gasteiger partial charge < -0.3 is 0 Å². The molecule has 1 aliphatic carbocycles. The van der Waals surface area contributed by atoms with Gasteiger partial charge in [-0.1, -0.05) is 153 Å². The zero-order chi connectivity index (χ0) is 36.1. The van der Waals surface area contributed by atoms with Crippen LogP contribution >= 0.6 is 34.8 Å². The molecular weight excluding hydrogens is 733 g/mol. The Morgan fingerprint density at radius 3 is 1.28 bits per heavy atom. The minimum Gasteiger partial charge on any atom is -0.278 e. The van der Waals surface area contributed by atoms with E-state index in [2.05, 4.69) is 97.7 Å². The quantitative estimate of drug-likeness (QED) is 0.178. The molecule has 3 aromatic heterocycles. The van der Waals surface area contributed by atoms with Crippen molar-refractivity contribution in [3.63, 3.8) is 0 Å². The molecule has 0 unspecified atom stereocenters. The zero-order valence-electron chi connectivity index (χ0n) is 28.0. The number of rotatable bonds is 3. The summed E-state index contributed by atoms with van der Waals surface area (Å²) < 4.78 is 2.03. The molecule has 10 heteroatoms. The summed E-state index contributed by atoms with van der Waals surface area (Å²) in [4.78, 5) is 25.0. The van der Waals surface area contributed by atoms with E-state index in [1.807, 2.05) is 89.5 Å². The molecule has 54 heavy (non-hydrogen) atoms. The number of benzene rings is 6. The summed E-state index contributed by atoms with van der Waals surface area (Å²) in [5.74, 6) is 1.55. The molecule has 0 bridgehead atoms. The van der Waals surface area contributed by atoms with Crippen LogP contribution in [0.4, 0.5) is 0 Å². The van der Waals surface area contributed by atoms with Crippen LogP contribution in [0.2, 0.25) is 15.9 Å². The molecule has 6 aromatic carbocycles. The normalized spacial score (nSPS) is 11.0. The largest absolute Gasteiger partial charge is 0.278 e. The Morgan fingerprint density at radius 2 is 0.778 bits per heavy atom. The van der Waals surface area contributed by atoms with Gasteiger partial charge in [-0.05, 0) is 75.6 Å². The van der Waals surface area contributed by atoms with Gasteiger partial charge in [-0.25, -0.2) is 0 Å². The van der Waals surface area contributed by atoms with Crippen molar-refractivity contribution >= 4 is 56.6 Å². The van der Waals surface area contributed by atoms with Gasteiger partial charge in [0.2, 0.25) is 21.8 Å². The molecule has 0 spiro atoms. The van der Waals surface area contributed by atoms with Gasteiger partial charge >= 0.3 is 0 Å². The predicted molar refractivity (Wildman–Crippen MR) is 221 cm³/mol. The third-order valence-corrected chi connectivity index (χ3v) is 9.23. The fourth-order valence-electron chi connectivity index (χ4n) is 6.42. The van der Waals surface area contributed by atoms with E-state index in [0.717, 1.165) is 39.4 Å². The van der Waals surface area contributed by atoms with E-state index in [1.165, 1.54) is 22.3 Å². The number of para-hydroxylation sites is 2. The Labute approximate surface area is 328 Å². The molecular formula is C44H32Cl3N7. The summed E-state index contributed by atoms with van der Waals surface area (Å²) in [6.07, 6.45) is 1.10. The average molecular weight is 765 g/mol. The molecule has 1 aliphatic rings. The number of hydrogen-bond donors (Lipinski definition) is 0. The van der Waals surface area contributed by atoms with E-state index in [1.54, 1.807) is 0 Å². The Morgan fingerprint density at radius 1 is 0.389 bits per heavy atom. The standard InChI is InChI=1S/C21H13ClN4.C13H10.C9H5Cl2N3.CH4/c22-20-23-19(14-8-2-1-3-9-14)24-21(25-20)26-17-12-6-4-10-15(17)16-11-5-7-13-18(16)26;1-3-7-12-10(5-1)9-11-6-2-4-8-13(11)12;10-8-12-7(13-9(11)14-8)6-4-2-1-3-5-6;/h1-13H;1-8H,9H2;1-5H;1H4. The van der Waals surface area contributed by atoms with Gasteiger partial charge in [-0.2, -0.15) is 29.9 Å². The first-order valence-electron chi connectivity index (χ1n) is 16.8. The van der Waals surface area contributed by atoms with Crippen LogP contribution in [0, 0.1) is 0 Å². The lowest BCUT2D eigenvalue weighted by molar-refractivity contribution is 0.947. The maximum absolute atomic E-state index is 6.24. The Balaban J connectivity index is 0.000000136. The highest BCUT2D eigenvalue weighted by Gasteiger charge is 2.17. The average Bonchev–Trinajstić information content (AvgIpc) is 3.75. The van der Waals surface area contributed by atoms with Crippen molar-refractivity contribution in [3.8, 4) is 39.9 Å². The second kappa shape index (κ2) is 16.4. The van der Waals surface area contributed by atoms with Gasteiger partial charge in [0.05, 0.1) is 11.0 Å². The van der Waals surface area contributed by atoms with Gasteiger partial charge in [0.25, 0.3) is 0 Å². The monoisotopic (exact) mass is 763 g/mol. The first kappa shape index (κ1) is 36.4. The zero-order valence-corrected chi connectivity index (χ0v) is 30.3. The summed E-state index contributed by atoms with van der Waals surface area (Å²) in [6, 6.07) is 53.0. The molecule has 0 saturated heterocycles. The second-order valence-electron chi connectivity index (χ2n) is 12.0. The van der Waals surface area contributed by atoms with Crippen molar-refractivity contribution < 1.29 is 0 Å². The molecule has 0 radical (unpaired) electrons. The minimum absolute atomic E-state index is 0. The molecule has 3 heterocycles. The van der Waals surface area contributed by atoms with Gasteiger partial charge in [-0.3, -0.25) is 4.57 Å². The van der Waals surface area contributed by atoms with E-state index in [0.29, 0.717) is 17.6 Å². The molecule has 9 aromatic rings. The van der Waals surface area contributed by atoms with Crippen molar-refractivity contribution in [2.75, 3.05) is 0 Å². The maximum Gasteiger partial charge on any atom is 0.239 e. The van der Waals surface area contributed by atoms with E-state index >= 15 is 0 Å². The molecule has 0 atom stereocenters. The van der Waals surface area contributed by atoms with Crippen LogP contribution in [0.15, 0.2) is 158 Å². The van der Waals surface area contributed by atoms with Gasteiger partial charge in [0.15, 0.2) is 11.6 Å². The minimum atomic E-state index is 0. The van der Waals surface area contributed by atoms with Crippen molar-refractivity contribution in [2.24, 2.45) is 0 Å². The molecule has 0 aliphatic heterocycles. The summed E-state index contributed by atoms with van der Waals surface area (Å²) in [7, 11) is 0. The van der Waals surface area contributed by atoms with E-state index in [4.69, 9.17) is 39.8 Å². The molecule has 10 rings (SSSR count). The number of hydrogen-bond acceptors (Lipinski definition) is 6. The number of fused-ring (bicyclic) bond motifs is 6. The van der Waals surface area contributed by atoms with Crippen LogP contribution < -0.4 is 0 Å². The van der Waals surface area contributed by atoms with Crippen LogP contribution in [0.25, 0.3) is 61.7 Å². The topological polar surface area (TPSA) is 82.3 Å². The Hall–Kier alpha value is -5.99.